The molecule has 0 fully saturated rings. The van der Waals surface area contributed by atoms with Crippen molar-refractivity contribution in [3.63, 3.8) is 0 Å². The Kier molecular flexibility index (Phi) is 6.07. The third kappa shape index (κ3) is 4.54. The van der Waals surface area contributed by atoms with E-state index in [1.165, 1.54) is 42.7 Å². The lowest BCUT2D eigenvalue weighted by molar-refractivity contribution is -0.120. The van der Waals surface area contributed by atoms with Gasteiger partial charge in [-0.05, 0) is 67.3 Å². The van der Waals surface area contributed by atoms with E-state index in [1.807, 2.05) is 0 Å². The first-order valence-electron chi connectivity index (χ1n) is 9.34. The van der Waals surface area contributed by atoms with E-state index in [0.717, 1.165) is 4.90 Å². The Labute approximate surface area is 199 Å². The zero-order chi connectivity index (χ0) is 23.8. The Bertz CT molecular complexity index is 1390. The third-order valence-corrected chi connectivity index (χ3v) is 6.46. The van der Waals surface area contributed by atoms with E-state index in [9.17, 15) is 18.0 Å². The Balaban J connectivity index is 1.54. The van der Waals surface area contributed by atoms with Crippen molar-refractivity contribution in [3.05, 3.63) is 87.0 Å². The van der Waals surface area contributed by atoms with Gasteiger partial charge in [0.05, 0.1) is 10.6 Å². The van der Waals surface area contributed by atoms with Crippen LogP contribution in [0.1, 0.15) is 5.56 Å². The molecule has 0 saturated carbocycles. The SMILES string of the molecule is Cc1cc(Cl)ccc1N1C(=O)C(Cl)=C(Nc2ccc(S(=O)(=O)[N-]c3ncccn3)cc2)C1=O. The number of rotatable bonds is 6. The van der Waals surface area contributed by atoms with Crippen LogP contribution in [0.2, 0.25) is 5.02 Å². The summed E-state index contributed by atoms with van der Waals surface area (Å²) in [6, 6.07) is 11.7. The quantitative estimate of drug-likeness (QED) is 0.499. The molecule has 168 valence electrons. The molecule has 0 saturated heterocycles. The number of nitrogens with zero attached hydrogens (tertiary/aromatic N) is 4. The number of hydrogen-bond donors (Lipinski definition) is 1. The summed E-state index contributed by atoms with van der Waals surface area (Å²) in [5.74, 6) is -1.52. The minimum atomic E-state index is -4.05. The highest BCUT2D eigenvalue weighted by molar-refractivity contribution is 7.94. The summed E-state index contributed by atoms with van der Waals surface area (Å²) in [6.07, 6.45) is 2.75. The molecule has 1 aliphatic heterocycles. The number of aryl methyl sites for hydroxylation is 1. The van der Waals surface area contributed by atoms with Crippen LogP contribution in [0.4, 0.5) is 17.3 Å². The van der Waals surface area contributed by atoms with Crippen LogP contribution in [0.5, 0.6) is 0 Å². The fourth-order valence-electron chi connectivity index (χ4n) is 3.05. The topological polar surface area (TPSA) is 123 Å². The zero-order valence-corrected chi connectivity index (χ0v) is 19.2. The van der Waals surface area contributed by atoms with Gasteiger partial charge in [-0.3, -0.25) is 14.3 Å². The van der Waals surface area contributed by atoms with E-state index in [0.29, 0.717) is 22.0 Å². The van der Waals surface area contributed by atoms with Crippen LogP contribution in [-0.4, -0.2) is 30.2 Å². The standard InChI is InChI=1S/C21H15Cl2N5O4S/c1-12-11-13(22)3-8-16(12)28-19(29)17(23)18(20(28)30)26-14-4-6-15(7-5-14)33(31,32)27-21-24-9-2-10-25-21/h2-11H,1H3,(H2,24,25,26,27,29)/p-1. The summed E-state index contributed by atoms with van der Waals surface area (Å²) >= 11 is 12.1. The predicted molar refractivity (Wildman–Crippen MR) is 124 cm³/mol. The molecule has 1 N–H and O–H groups in total. The van der Waals surface area contributed by atoms with Gasteiger partial charge in [-0.25, -0.2) is 13.3 Å². The average molecular weight is 503 g/mol. The highest BCUT2D eigenvalue weighted by atomic mass is 35.5. The van der Waals surface area contributed by atoms with Crippen molar-refractivity contribution in [1.29, 1.82) is 0 Å². The number of amides is 2. The highest BCUT2D eigenvalue weighted by Gasteiger charge is 2.39. The second-order valence-corrected chi connectivity index (χ2v) is 9.25. The molecule has 0 atom stereocenters. The Hall–Kier alpha value is -3.47. The predicted octanol–water partition coefficient (Wildman–Crippen LogP) is 4.27. The first-order valence-corrected chi connectivity index (χ1v) is 11.5. The first kappa shape index (κ1) is 22.7. The maximum Gasteiger partial charge on any atom is 0.283 e. The number of sulfonamides is 1. The lowest BCUT2D eigenvalue weighted by Gasteiger charge is -2.17. The molecule has 3 aromatic rings. The van der Waals surface area contributed by atoms with E-state index >= 15 is 0 Å². The van der Waals surface area contributed by atoms with Crippen molar-refractivity contribution in [1.82, 2.24) is 9.97 Å². The maximum atomic E-state index is 12.9. The van der Waals surface area contributed by atoms with Gasteiger partial charge in [0.2, 0.25) is 10.0 Å². The Morgan fingerprint density at radius 3 is 2.27 bits per heavy atom. The second-order valence-electron chi connectivity index (χ2n) is 6.83. The lowest BCUT2D eigenvalue weighted by Crippen LogP contribution is -2.32. The first-order chi connectivity index (χ1) is 15.7. The number of imide groups is 1. The molecule has 2 aromatic carbocycles. The number of anilines is 2. The highest BCUT2D eigenvalue weighted by Crippen LogP contribution is 2.33. The number of aromatic nitrogens is 2. The maximum absolute atomic E-state index is 12.9. The summed E-state index contributed by atoms with van der Waals surface area (Å²) < 4.78 is 28.5. The molecular formula is C21H14Cl2N5O4S-. The fraction of sp³-hybridized carbons (Fsp3) is 0.0476. The van der Waals surface area contributed by atoms with Gasteiger partial charge < -0.3 is 15.3 Å². The van der Waals surface area contributed by atoms with Gasteiger partial charge in [0, 0.05) is 16.7 Å². The van der Waals surface area contributed by atoms with Crippen LogP contribution in [0.15, 0.2) is 76.5 Å². The van der Waals surface area contributed by atoms with Crippen molar-refractivity contribution in [3.8, 4) is 0 Å². The van der Waals surface area contributed by atoms with Crippen molar-refractivity contribution in [2.45, 2.75) is 11.8 Å². The second kappa shape index (κ2) is 8.81. The van der Waals surface area contributed by atoms with Crippen molar-refractivity contribution in [2.75, 3.05) is 10.2 Å². The van der Waals surface area contributed by atoms with Gasteiger partial charge in [0.1, 0.15) is 10.7 Å². The van der Waals surface area contributed by atoms with E-state index < -0.39 is 21.8 Å². The molecule has 12 heteroatoms. The molecule has 1 aromatic heterocycles. The minimum absolute atomic E-state index is 0.104. The summed E-state index contributed by atoms with van der Waals surface area (Å²) in [5.41, 5.74) is 1.19. The normalized spacial score (nSPS) is 14.1. The summed E-state index contributed by atoms with van der Waals surface area (Å²) in [5, 5.41) is 2.97. The molecule has 9 nitrogen and oxygen atoms in total. The van der Waals surface area contributed by atoms with E-state index in [-0.39, 0.29) is 21.6 Å². The number of halogens is 2. The minimum Gasteiger partial charge on any atom is -0.366 e. The van der Waals surface area contributed by atoms with Crippen LogP contribution < -0.4 is 10.2 Å². The van der Waals surface area contributed by atoms with Crippen molar-refractivity contribution in [2.24, 2.45) is 0 Å². The molecule has 1 aliphatic rings. The number of carbonyl (C=O) groups is 2. The molecule has 0 bridgehead atoms. The molecule has 0 unspecified atom stereocenters. The molecule has 4 rings (SSSR count). The van der Waals surface area contributed by atoms with Gasteiger partial charge in [-0.1, -0.05) is 29.3 Å². The van der Waals surface area contributed by atoms with E-state index in [2.05, 4.69) is 20.0 Å². The molecule has 2 amide bonds. The third-order valence-electron chi connectivity index (χ3n) is 4.60. The van der Waals surface area contributed by atoms with Gasteiger partial charge in [-0.15, -0.1) is 0 Å². The van der Waals surface area contributed by atoms with Gasteiger partial charge in [-0.2, -0.15) is 0 Å². The molecule has 0 radical (unpaired) electrons. The Morgan fingerprint density at radius 2 is 1.64 bits per heavy atom. The number of carbonyl (C=O) groups excluding carboxylic acids is 2. The average Bonchev–Trinajstić information content (AvgIpc) is 2.98. The zero-order valence-electron chi connectivity index (χ0n) is 16.9. The molecular weight excluding hydrogens is 489 g/mol. The monoisotopic (exact) mass is 502 g/mol. The lowest BCUT2D eigenvalue weighted by atomic mass is 10.2. The van der Waals surface area contributed by atoms with Gasteiger partial charge in [0.15, 0.2) is 0 Å². The molecule has 33 heavy (non-hydrogen) atoms. The summed E-state index contributed by atoms with van der Waals surface area (Å²) in [4.78, 5) is 34.0. The Morgan fingerprint density at radius 1 is 0.970 bits per heavy atom. The largest absolute Gasteiger partial charge is 0.366 e. The van der Waals surface area contributed by atoms with Crippen LogP contribution in [0.25, 0.3) is 4.72 Å². The fourth-order valence-corrected chi connectivity index (χ4v) is 4.39. The number of nitrogens with one attached hydrogen (secondary N) is 1. The van der Waals surface area contributed by atoms with Gasteiger partial charge >= 0.3 is 0 Å². The van der Waals surface area contributed by atoms with E-state index in [4.69, 9.17) is 23.2 Å². The smallest absolute Gasteiger partial charge is 0.283 e. The van der Waals surface area contributed by atoms with Crippen molar-refractivity contribution >= 4 is 62.4 Å². The van der Waals surface area contributed by atoms with Crippen LogP contribution in [0, 0.1) is 6.92 Å². The summed E-state index contributed by atoms with van der Waals surface area (Å²) in [7, 11) is -4.05. The molecule has 0 aliphatic carbocycles. The van der Waals surface area contributed by atoms with Crippen molar-refractivity contribution < 1.29 is 18.0 Å². The van der Waals surface area contributed by atoms with Crippen LogP contribution >= 0.6 is 23.2 Å². The van der Waals surface area contributed by atoms with Crippen LogP contribution in [0.3, 0.4) is 0 Å². The number of benzene rings is 2. The summed E-state index contributed by atoms with van der Waals surface area (Å²) in [6.45, 7) is 1.71. The van der Waals surface area contributed by atoms with E-state index in [1.54, 1.807) is 25.1 Å². The number of hydrogen-bond acceptors (Lipinski definition) is 7. The van der Waals surface area contributed by atoms with Crippen LogP contribution in [-0.2, 0) is 19.6 Å². The molecule has 2 heterocycles. The van der Waals surface area contributed by atoms with Gasteiger partial charge in [0.25, 0.3) is 11.8 Å². The molecule has 0 spiro atoms.